The standard InChI is InChI=1S/C44H54N6O6Si/c1-30-42(57(3,4)36-17-15-35(55-2)16-18-36)39(20-24-47-29-32(21-25-51)45-46-47)56-44(30)37-27-34(49-23-8-6-13-41(49)53)14-19-38(37)50(43(44)54)28-31-10-9-11-33(26-31)48-22-7-5-12-40(48)52/h9-11,14-19,26-27,29-30,39,42,51H,5-8,12-13,20-25,28H2,1-4H3/t30-,39+,42-,44+/m0/s1. The third-order valence-electron chi connectivity index (χ3n) is 12.9. The van der Waals surface area contributed by atoms with Gasteiger partial charge < -0.3 is 29.3 Å². The Balaban J connectivity index is 1.21. The number of hydrogen-bond acceptors (Lipinski definition) is 8. The topological polar surface area (TPSA) is 130 Å². The van der Waals surface area contributed by atoms with Crippen molar-refractivity contribution in [1.82, 2.24) is 15.0 Å². The van der Waals surface area contributed by atoms with Crippen molar-refractivity contribution < 1.29 is 29.0 Å². The van der Waals surface area contributed by atoms with Crippen molar-refractivity contribution in [2.45, 2.75) is 102 Å². The number of aryl methyl sites for hydroxylation is 1. The summed E-state index contributed by atoms with van der Waals surface area (Å²) in [5.41, 5.74) is 3.59. The molecule has 8 rings (SSSR count). The van der Waals surface area contributed by atoms with Crippen LogP contribution < -0.4 is 24.6 Å². The van der Waals surface area contributed by atoms with Crippen LogP contribution in [0.15, 0.2) is 72.9 Å². The Hall–Kier alpha value is -4.85. The highest BCUT2D eigenvalue weighted by atomic mass is 28.3. The molecule has 5 heterocycles. The molecule has 300 valence electrons. The van der Waals surface area contributed by atoms with Crippen molar-refractivity contribution in [3.8, 4) is 5.75 Å². The third kappa shape index (κ3) is 7.07. The van der Waals surface area contributed by atoms with E-state index in [-0.39, 0.29) is 41.9 Å². The minimum absolute atomic E-state index is 0.00209. The molecule has 0 saturated carbocycles. The van der Waals surface area contributed by atoms with Crippen LogP contribution in [-0.4, -0.2) is 78.8 Å². The van der Waals surface area contributed by atoms with Gasteiger partial charge in [0.1, 0.15) is 5.75 Å². The van der Waals surface area contributed by atoms with E-state index in [1.165, 1.54) is 5.19 Å². The van der Waals surface area contributed by atoms with Crippen LogP contribution >= 0.6 is 0 Å². The number of anilines is 3. The van der Waals surface area contributed by atoms with Crippen molar-refractivity contribution in [3.05, 3.63) is 89.7 Å². The first-order chi connectivity index (χ1) is 27.5. The van der Waals surface area contributed by atoms with Crippen LogP contribution in [0, 0.1) is 5.92 Å². The van der Waals surface area contributed by atoms with Gasteiger partial charge in [-0.1, -0.05) is 54.7 Å². The smallest absolute Gasteiger partial charge is 0.264 e. The number of amides is 3. The predicted molar refractivity (Wildman–Crippen MR) is 221 cm³/mol. The van der Waals surface area contributed by atoms with Gasteiger partial charge in [-0.05, 0) is 85.7 Å². The Kier molecular flexibility index (Phi) is 10.8. The largest absolute Gasteiger partial charge is 0.497 e. The maximum atomic E-state index is 15.6. The summed E-state index contributed by atoms with van der Waals surface area (Å²) < 4.78 is 14.8. The van der Waals surface area contributed by atoms with Crippen LogP contribution in [0.4, 0.5) is 17.1 Å². The number of aromatic nitrogens is 3. The summed E-state index contributed by atoms with van der Waals surface area (Å²) in [5.74, 6) is 0.681. The summed E-state index contributed by atoms with van der Waals surface area (Å²) in [7, 11) is -0.745. The zero-order chi connectivity index (χ0) is 39.9. The number of aliphatic hydroxyl groups excluding tert-OH is 1. The Bertz CT molecular complexity index is 2140. The molecule has 4 aliphatic rings. The quantitative estimate of drug-likeness (QED) is 0.181. The number of nitrogens with zero attached hydrogens (tertiary/aromatic N) is 6. The lowest BCUT2D eigenvalue weighted by Gasteiger charge is -2.37. The number of methoxy groups -OCH3 is 1. The van der Waals surface area contributed by atoms with Gasteiger partial charge in [-0.25, -0.2) is 0 Å². The number of aliphatic hydroxyl groups is 1. The number of fused-ring (bicyclic) bond motifs is 2. The number of carbonyl (C=O) groups is 3. The van der Waals surface area contributed by atoms with Gasteiger partial charge in [0.05, 0.1) is 39.2 Å². The predicted octanol–water partition coefficient (Wildman–Crippen LogP) is 5.71. The van der Waals surface area contributed by atoms with E-state index in [9.17, 15) is 14.7 Å². The van der Waals surface area contributed by atoms with Crippen LogP contribution in [0.1, 0.15) is 68.7 Å². The Morgan fingerprint density at radius 3 is 2.28 bits per heavy atom. The molecule has 0 bridgehead atoms. The molecule has 57 heavy (non-hydrogen) atoms. The average molecular weight is 791 g/mol. The molecule has 3 aromatic carbocycles. The number of carbonyl (C=O) groups excluding carboxylic acids is 3. The summed E-state index contributed by atoms with van der Waals surface area (Å²) in [5, 5.41) is 19.3. The Labute approximate surface area is 335 Å². The SMILES string of the molecule is COc1ccc([Si](C)(C)[C@@H]2[C@@H](CCn3cc(CCO)nn3)O[C@]3(C(=O)N(Cc4cccc(N5CCCCC5=O)c4)c4ccc(N5CCCCC5=O)cc43)[C@H]2C)cc1. The lowest BCUT2D eigenvalue weighted by molar-refractivity contribution is -0.146. The lowest BCUT2D eigenvalue weighted by Crippen LogP contribution is -2.51. The zero-order valence-electron chi connectivity index (χ0n) is 33.5. The maximum Gasteiger partial charge on any atom is 0.264 e. The second-order valence-electron chi connectivity index (χ2n) is 16.7. The summed E-state index contributed by atoms with van der Waals surface area (Å²) in [6.45, 7) is 9.09. The first-order valence-electron chi connectivity index (χ1n) is 20.5. The fourth-order valence-electron chi connectivity index (χ4n) is 10.00. The van der Waals surface area contributed by atoms with E-state index in [1.54, 1.807) is 11.8 Å². The zero-order valence-corrected chi connectivity index (χ0v) is 34.5. The number of rotatable bonds is 12. The molecule has 4 atom stereocenters. The van der Waals surface area contributed by atoms with E-state index < -0.39 is 13.7 Å². The molecule has 4 aliphatic heterocycles. The van der Waals surface area contributed by atoms with Crippen LogP contribution in [-0.2, 0) is 44.2 Å². The molecule has 0 unspecified atom stereocenters. The summed E-state index contributed by atoms with van der Waals surface area (Å²) >= 11 is 0. The Morgan fingerprint density at radius 1 is 0.912 bits per heavy atom. The van der Waals surface area contributed by atoms with Crippen molar-refractivity contribution in [2.75, 3.05) is 41.5 Å². The van der Waals surface area contributed by atoms with Gasteiger partial charge in [0.2, 0.25) is 11.8 Å². The number of benzene rings is 3. The van der Waals surface area contributed by atoms with Crippen LogP contribution in [0.3, 0.4) is 0 Å². The fourth-order valence-corrected chi connectivity index (χ4v) is 14.1. The Morgan fingerprint density at radius 2 is 1.61 bits per heavy atom. The van der Waals surface area contributed by atoms with Gasteiger partial charge in [-0.2, -0.15) is 0 Å². The molecule has 3 fully saturated rings. The minimum Gasteiger partial charge on any atom is -0.497 e. The number of piperidine rings is 2. The molecule has 0 aliphatic carbocycles. The van der Waals surface area contributed by atoms with Crippen LogP contribution in [0.2, 0.25) is 18.6 Å². The molecule has 3 saturated heterocycles. The van der Waals surface area contributed by atoms with E-state index in [4.69, 9.17) is 9.47 Å². The minimum atomic E-state index is -2.42. The second-order valence-corrected chi connectivity index (χ2v) is 21.3. The van der Waals surface area contributed by atoms with Gasteiger partial charge in [0, 0.05) is 74.6 Å². The highest BCUT2D eigenvalue weighted by molar-refractivity contribution is 6.91. The highest BCUT2D eigenvalue weighted by Crippen LogP contribution is 2.60. The fraction of sp³-hybridized carbons (Fsp3) is 0.477. The van der Waals surface area contributed by atoms with E-state index >= 15 is 4.79 Å². The average Bonchev–Trinajstić information content (AvgIpc) is 3.87. The second kappa shape index (κ2) is 15.8. The maximum absolute atomic E-state index is 15.6. The highest BCUT2D eigenvalue weighted by Gasteiger charge is 2.66. The molecule has 1 aromatic heterocycles. The van der Waals surface area contributed by atoms with E-state index in [0.29, 0.717) is 51.9 Å². The van der Waals surface area contributed by atoms with Crippen molar-refractivity contribution in [3.63, 3.8) is 0 Å². The third-order valence-corrected chi connectivity index (χ3v) is 17.3. The van der Waals surface area contributed by atoms with Gasteiger partial charge in [0.25, 0.3) is 5.91 Å². The first-order valence-corrected chi connectivity index (χ1v) is 23.6. The molecule has 4 aromatic rings. The molecule has 0 radical (unpaired) electrons. The summed E-state index contributed by atoms with van der Waals surface area (Å²) in [4.78, 5) is 47.4. The van der Waals surface area contributed by atoms with Gasteiger partial charge in [-0.15, -0.1) is 5.10 Å². The monoisotopic (exact) mass is 790 g/mol. The molecule has 1 N–H and O–H groups in total. The molecular weight excluding hydrogens is 737 g/mol. The van der Waals surface area contributed by atoms with E-state index in [2.05, 4.69) is 48.5 Å². The van der Waals surface area contributed by atoms with E-state index in [0.717, 1.165) is 65.3 Å². The van der Waals surface area contributed by atoms with Gasteiger partial charge in [0.15, 0.2) is 5.60 Å². The van der Waals surface area contributed by atoms with Crippen LogP contribution in [0.25, 0.3) is 0 Å². The van der Waals surface area contributed by atoms with Gasteiger partial charge in [-0.3, -0.25) is 19.1 Å². The van der Waals surface area contributed by atoms with Crippen molar-refractivity contribution in [1.29, 1.82) is 0 Å². The van der Waals surface area contributed by atoms with Crippen molar-refractivity contribution in [2.24, 2.45) is 5.92 Å². The molecule has 13 heteroatoms. The number of hydrogen-bond donors (Lipinski definition) is 1. The van der Waals surface area contributed by atoms with E-state index in [1.807, 2.05) is 69.4 Å². The summed E-state index contributed by atoms with van der Waals surface area (Å²) in [6, 6.07) is 22.4. The van der Waals surface area contributed by atoms with Crippen LogP contribution in [0.5, 0.6) is 5.75 Å². The first kappa shape index (κ1) is 39.0. The molecule has 12 nitrogen and oxygen atoms in total. The lowest BCUT2D eigenvalue weighted by atomic mass is 9.82. The normalized spacial score (nSPS) is 23.8. The molecule has 1 spiro atoms. The van der Waals surface area contributed by atoms with Crippen molar-refractivity contribution >= 4 is 48.0 Å². The van der Waals surface area contributed by atoms with Gasteiger partial charge >= 0.3 is 0 Å². The molecule has 3 amide bonds. The molecular formula is C44H54N6O6Si. The summed E-state index contributed by atoms with van der Waals surface area (Å²) in [6.07, 6.45) is 7.32. The number of ether oxygens (including phenoxy) is 2.